The molecule has 1 saturated heterocycles. The molecule has 0 aromatic carbocycles. The highest BCUT2D eigenvalue weighted by Crippen LogP contribution is 2.65. The van der Waals surface area contributed by atoms with Crippen molar-refractivity contribution in [1.29, 1.82) is 0 Å². The molecule has 0 bridgehead atoms. The first kappa shape index (κ1) is 42.4. The lowest BCUT2D eigenvalue weighted by Crippen LogP contribution is -2.58. The summed E-state index contributed by atoms with van der Waals surface area (Å²) >= 11 is 0. The molecule has 0 spiro atoms. The van der Waals surface area contributed by atoms with E-state index in [0.29, 0.717) is 35.3 Å². The quantitative estimate of drug-likeness (QED) is 0.116. The van der Waals surface area contributed by atoms with Gasteiger partial charge in [0.1, 0.15) is 5.60 Å². The van der Waals surface area contributed by atoms with Gasteiger partial charge in [-0.25, -0.2) is 4.79 Å². The Morgan fingerprint density at radius 1 is 0.922 bits per heavy atom. The summed E-state index contributed by atoms with van der Waals surface area (Å²) in [5, 5.41) is 3.49. The van der Waals surface area contributed by atoms with Crippen molar-refractivity contribution in [2.75, 3.05) is 39.3 Å². The fraction of sp³-hybridized carbons (Fsp3) is 0.907. The summed E-state index contributed by atoms with van der Waals surface area (Å²) in [5.74, 6) is 2.29. The number of nitrogens with one attached hydrogen (secondary N) is 1. The molecule has 0 aromatic rings. The summed E-state index contributed by atoms with van der Waals surface area (Å²) in [5.41, 5.74) is 3.90. The molecule has 7 nitrogen and oxygen atoms in total. The average molecular weight is 729 g/mol. The van der Waals surface area contributed by atoms with Crippen molar-refractivity contribution in [1.82, 2.24) is 15.1 Å². The van der Waals surface area contributed by atoms with Gasteiger partial charge in [0.25, 0.3) is 0 Å². The minimum Gasteiger partial charge on any atom is -0.444 e. The fourth-order valence-corrected chi connectivity index (χ4v) is 13.9. The zero-order valence-electron chi connectivity index (χ0n) is 35.1. The summed E-state index contributed by atoms with van der Waals surface area (Å²) in [7, 11) is -0.942. The molecule has 4 aliphatic rings. The maximum Gasteiger partial charge on any atom is 0.410 e. The molecule has 5 atom stereocenters. The second-order valence-electron chi connectivity index (χ2n) is 20.0. The number of nitrogens with zero attached hydrogens (tertiary/aromatic N) is 2. The first-order valence-electron chi connectivity index (χ1n) is 20.9. The van der Waals surface area contributed by atoms with Crippen molar-refractivity contribution < 1.29 is 18.8 Å². The van der Waals surface area contributed by atoms with Crippen LogP contribution in [0.15, 0.2) is 11.1 Å². The summed E-state index contributed by atoms with van der Waals surface area (Å²) < 4.78 is 12.7. The number of amides is 2. The minimum atomic E-state index is -0.942. The lowest BCUT2D eigenvalue weighted by molar-refractivity contribution is -0.144. The number of carbonyl (C=O) groups is 2. The Morgan fingerprint density at radius 3 is 2.22 bits per heavy atom. The highest BCUT2D eigenvalue weighted by Gasteiger charge is 2.59. The second-order valence-corrected chi connectivity index (χ2v) is 23.6. The van der Waals surface area contributed by atoms with E-state index in [9.17, 15) is 9.59 Å². The van der Waals surface area contributed by atoms with Crippen LogP contribution in [0.1, 0.15) is 160 Å². The van der Waals surface area contributed by atoms with Gasteiger partial charge in [-0.3, -0.25) is 9.69 Å². The molecule has 8 heteroatoms. The van der Waals surface area contributed by atoms with E-state index in [1.807, 2.05) is 25.7 Å². The molecular formula is C43H78N3O4Si. The number of ether oxygens (including phenoxy) is 1. The fourth-order valence-electron chi connectivity index (χ4n) is 10.8. The van der Waals surface area contributed by atoms with Gasteiger partial charge in [0.05, 0.1) is 6.10 Å². The van der Waals surface area contributed by atoms with Crippen LogP contribution in [0.3, 0.4) is 0 Å². The Labute approximate surface area is 315 Å². The van der Waals surface area contributed by atoms with E-state index in [-0.39, 0.29) is 22.5 Å². The molecule has 1 aliphatic heterocycles. The van der Waals surface area contributed by atoms with Crippen LogP contribution in [0.2, 0.25) is 10.6 Å². The lowest BCUT2D eigenvalue weighted by Gasteiger charge is -2.63. The van der Waals surface area contributed by atoms with Gasteiger partial charge in [-0.1, -0.05) is 79.4 Å². The minimum absolute atomic E-state index is 0.184. The number of unbranched alkanes of at least 4 members (excludes halogenated alkanes) is 3. The topological polar surface area (TPSA) is 71.1 Å². The van der Waals surface area contributed by atoms with Gasteiger partial charge in [-0.05, 0) is 131 Å². The SMILES string of the molecule is CC1=C(CCC(=O)NCCCCCCN2CCN(C(=O)OC(C)(C)C)CC2)C2CCC3C(C)(C)C(O[Si](C(C)C)C(C)(C)C)CC[C@]3(C)[C@H]2CC1. The molecule has 4 rings (SSSR count). The van der Waals surface area contributed by atoms with Crippen LogP contribution in [0, 0.1) is 28.6 Å². The van der Waals surface area contributed by atoms with Crippen molar-refractivity contribution in [2.45, 2.75) is 182 Å². The van der Waals surface area contributed by atoms with Crippen molar-refractivity contribution in [3.63, 3.8) is 0 Å². The van der Waals surface area contributed by atoms with Crippen LogP contribution >= 0.6 is 0 Å². The first-order valence-corrected chi connectivity index (χ1v) is 22.4. The summed E-state index contributed by atoms with van der Waals surface area (Å²) in [4.78, 5) is 29.6. The first-order chi connectivity index (χ1) is 23.7. The third-order valence-corrected chi connectivity index (χ3v) is 16.4. The van der Waals surface area contributed by atoms with Gasteiger partial charge in [-0.15, -0.1) is 0 Å². The molecule has 1 radical (unpaired) electrons. The van der Waals surface area contributed by atoms with Crippen LogP contribution in [0.5, 0.6) is 0 Å². The Kier molecular flexibility index (Phi) is 14.4. The molecule has 2 saturated carbocycles. The van der Waals surface area contributed by atoms with Gasteiger partial charge in [0, 0.05) is 39.1 Å². The van der Waals surface area contributed by atoms with Crippen molar-refractivity contribution in [3.8, 4) is 0 Å². The smallest absolute Gasteiger partial charge is 0.410 e. The number of hydrogen-bond donors (Lipinski definition) is 1. The number of hydrogen-bond acceptors (Lipinski definition) is 5. The number of fused-ring (bicyclic) bond motifs is 3. The Morgan fingerprint density at radius 2 is 1.59 bits per heavy atom. The zero-order valence-corrected chi connectivity index (χ0v) is 36.1. The number of carbonyl (C=O) groups excluding carboxylic acids is 2. The molecule has 1 heterocycles. The van der Waals surface area contributed by atoms with Gasteiger partial charge >= 0.3 is 6.09 Å². The second kappa shape index (κ2) is 17.4. The van der Waals surface area contributed by atoms with Crippen molar-refractivity contribution >= 4 is 21.0 Å². The van der Waals surface area contributed by atoms with Crippen LogP contribution in [-0.2, 0) is 14.0 Å². The van der Waals surface area contributed by atoms with Crippen molar-refractivity contribution in [3.05, 3.63) is 11.1 Å². The monoisotopic (exact) mass is 729 g/mol. The molecule has 3 aliphatic carbocycles. The molecule has 3 unspecified atom stereocenters. The van der Waals surface area contributed by atoms with E-state index in [0.717, 1.165) is 70.9 Å². The predicted molar refractivity (Wildman–Crippen MR) is 213 cm³/mol. The van der Waals surface area contributed by atoms with Gasteiger partial charge in [0.15, 0.2) is 0 Å². The average Bonchev–Trinajstić information content (AvgIpc) is 3.02. The van der Waals surface area contributed by atoms with Gasteiger partial charge in [-0.2, -0.15) is 0 Å². The van der Waals surface area contributed by atoms with Crippen LogP contribution in [0.4, 0.5) is 4.79 Å². The Bertz CT molecular complexity index is 1190. The highest BCUT2D eigenvalue weighted by molar-refractivity contribution is 6.56. The third-order valence-electron chi connectivity index (χ3n) is 13.3. The van der Waals surface area contributed by atoms with Gasteiger partial charge in [0.2, 0.25) is 14.9 Å². The zero-order chi connectivity index (χ0) is 37.8. The van der Waals surface area contributed by atoms with Gasteiger partial charge < -0.3 is 19.4 Å². The largest absolute Gasteiger partial charge is 0.444 e. The molecule has 0 aromatic heterocycles. The van der Waals surface area contributed by atoms with Crippen LogP contribution < -0.4 is 5.32 Å². The van der Waals surface area contributed by atoms with E-state index >= 15 is 0 Å². The Hall–Kier alpha value is -1.38. The van der Waals surface area contributed by atoms with E-state index in [1.165, 1.54) is 44.9 Å². The highest BCUT2D eigenvalue weighted by atomic mass is 28.3. The normalized spacial score (nSPS) is 28.9. The predicted octanol–water partition coefficient (Wildman–Crippen LogP) is 10.2. The number of piperazine rings is 1. The molecule has 293 valence electrons. The van der Waals surface area contributed by atoms with E-state index in [4.69, 9.17) is 9.16 Å². The third kappa shape index (κ3) is 10.9. The van der Waals surface area contributed by atoms with E-state index < -0.39 is 14.6 Å². The number of allylic oxidation sites excluding steroid dienone is 2. The Balaban J connectivity index is 1.17. The van der Waals surface area contributed by atoms with Crippen LogP contribution in [-0.4, -0.2) is 81.8 Å². The molecule has 2 amide bonds. The van der Waals surface area contributed by atoms with Crippen molar-refractivity contribution in [2.24, 2.45) is 28.6 Å². The molecule has 51 heavy (non-hydrogen) atoms. The maximum absolute atomic E-state index is 13.0. The number of rotatable bonds is 13. The van der Waals surface area contributed by atoms with Crippen LogP contribution in [0.25, 0.3) is 0 Å². The van der Waals surface area contributed by atoms with E-state index in [1.54, 1.807) is 11.1 Å². The standard InChI is InChI=1S/C43H78N3O4Si/c1-31(2)51(41(7,8)9)50-37-23-24-43(12)35-20-17-32(3)33(34(35)18-21-36(43)42(37,10)11)19-22-38(47)44-25-15-13-14-16-26-45-27-29-46(30-28-45)39(48)49-40(4,5)6/h31,34-37H,13-30H2,1-12H3,(H,44,47)/t34?,35-,36?,37?,43+/m0/s1. The van der Waals surface area contributed by atoms with E-state index in [2.05, 4.69) is 72.5 Å². The summed E-state index contributed by atoms with van der Waals surface area (Å²) in [6, 6.07) is 0. The lowest BCUT2D eigenvalue weighted by atomic mass is 9.43. The maximum atomic E-state index is 13.0. The molecule has 1 N–H and O–H groups in total. The molecular weight excluding hydrogens is 651 g/mol. The summed E-state index contributed by atoms with van der Waals surface area (Å²) in [6.45, 7) is 32.9. The molecule has 3 fully saturated rings. The summed E-state index contributed by atoms with van der Waals surface area (Å²) in [6.07, 6.45) is 13.8.